The highest BCUT2D eigenvalue weighted by atomic mass is 16.6. The van der Waals surface area contributed by atoms with Crippen molar-refractivity contribution in [1.29, 1.82) is 0 Å². The number of piperidine rings is 1. The molecule has 5 heteroatoms. The van der Waals surface area contributed by atoms with Crippen molar-refractivity contribution in [3.63, 3.8) is 0 Å². The first-order valence-electron chi connectivity index (χ1n) is 8.44. The molecule has 1 aliphatic heterocycles. The topological polar surface area (TPSA) is 48.0 Å². The predicted octanol–water partition coefficient (Wildman–Crippen LogP) is 3.47. The van der Waals surface area contributed by atoms with Crippen molar-refractivity contribution >= 4 is 6.09 Å². The van der Waals surface area contributed by atoms with Gasteiger partial charge in [-0.2, -0.15) is 0 Å². The maximum absolute atomic E-state index is 12.1. The van der Waals surface area contributed by atoms with Crippen LogP contribution in [0.15, 0.2) is 0 Å². The maximum Gasteiger partial charge on any atom is 0.410 e. The van der Waals surface area contributed by atoms with Crippen LogP contribution >= 0.6 is 0 Å². The highest BCUT2D eigenvalue weighted by molar-refractivity contribution is 5.68. The van der Waals surface area contributed by atoms with Gasteiger partial charge in [0.1, 0.15) is 5.60 Å². The number of hydrogen-bond donors (Lipinski definition) is 0. The molecule has 0 aliphatic carbocycles. The van der Waals surface area contributed by atoms with Crippen LogP contribution in [0.1, 0.15) is 53.4 Å². The summed E-state index contributed by atoms with van der Waals surface area (Å²) in [6, 6.07) is 0. The minimum absolute atomic E-state index is 0.159. The lowest BCUT2D eigenvalue weighted by atomic mass is 9.99. The number of carbonyl (C=O) groups is 1. The third kappa shape index (κ3) is 7.45. The lowest BCUT2D eigenvalue weighted by molar-refractivity contribution is -0.0348. The van der Waals surface area contributed by atoms with E-state index < -0.39 is 5.60 Å². The van der Waals surface area contributed by atoms with Crippen LogP contribution in [-0.4, -0.2) is 56.1 Å². The summed E-state index contributed by atoms with van der Waals surface area (Å²) in [5.74, 6) is 0.387. The smallest absolute Gasteiger partial charge is 0.410 e. The zero-order valence-electron chi connectivity index (χ0n) is 14.9. The Hall–Kier alpha value is -0.810. The van der Waals surface area contributed by atoms with Crippen molar-refractivity contribution in [2.75, 3.05) is 33.4 Å². The lowest BCUT2D eigenvalue weighted by Crippen LogP contribution is -2.44. The molecule has 1 rings (SSSR count). The van der Waals surface area contributed by atoms with E-state index >= 15 is 0 Å². The fourth-order valence-electron chi connectivity index (χ4n) is 2.69. The second-order valence-corrected chi connectivity index (χ2v) is 7.13. The summed E-state index contributed by atoms with van der Waals surface area (Å²) < 4.78 is 16.6. The predicted molar refractivity (Wildman–Crippen MR) is 87.1 cm³/mol. The van der Waals surface area contributed by atoms with Gasteiger partial charge in [0.25, 0.3) is 0 Å². The molecule has 22 heavy (non-hydrogen) atoms. The quantitative estimate of drug-likeness (QED) is 0.722. The van der Waals surface area contributed by atoms with E-state index in [1.165, 1.54) is 0 Å². The van der Waals surface area contributed by atoms with Crippen LogP contribution in [0.3, 0.4) is 0 Å². The average molecular weight is 315 g/mol. The summed E-state index contributed by atoms with van der Waals surface area (Å²) >= 11 is 0. The van der Waals surface area contributed by atoms with E-state index in [-0.39, 0.29) is 12.2 Å². The highest BCUT2D eigenvalue weighted by Gasteiger charge is 2.28. The number of carbonyl (C=O) groups excluding carboxylic acids is 1. The summed E-state index contributed by atoms with van der Waals surface area (Å²) in [5.41, 5.74) is -0.439. The Morgan fingerprint density at radius 2 is 2.09 bits per heavy atom. The van der Waals surface area contributed by atoms with Crippen LogP contribution in [0.5, 0.6) is 0 Å². The third-order valence-electron chi connectivity index (χ3n) is 3.70. The molecule has 2 atom stereocenters. The van der Waals surface area contributed by atoms with Crippen molar-refractivity contribution in [1.82, 2.24) is 4.90 Å². The van der Waals surface area contributed by atoms with E-state index in [1.807, 2.05) is 25.7 Å². The van der Waals surface area contributed by atoms with E-state index in [2.05, 4.69) is 6.92 Å². The van der Waals surface area contributed by atoms with E-state index in [1.54, 1.807) is 7.11 Å². The van der Waals surface area contributed by atoms with Crippen LogP contribution in [0, 0.1) is 5.92 Å². The first-order chi connectivity index (χ1) is 10.4. The van der Waals surface area contributed by atoms with Crippen molar-refractivity contribution in [2.24, 2.45) is 5.92 Å². The molecule has 0 radical (unpaired) electrons. The molecule has 0 aromatic rings. The number of methoxy groups -OCH3 is 1. The molecule has 1 saturated heterocycles. The van der Waals surface area contributed by atoms with Gasteiger partial charge >= 0.3 is 6.09 Å². The van der Waals surface area contributed by atoms with Gasteiger partial charge in [-0.3, -0.25) is 0 Å². The van der Waals surface area contributed by atoms with Gasteiger partial charge in [0.05, 0.1) is 19.3 Å². The van der Waals surface area contributed by atoms with Gasteiger partial charge in [0, 0.05) is 26.1 Å². The third-order valence-corrected chi connectivity index (χ3v) is 3.70. The summed E-state index contributed by atoms with van der Waals surface area (Å²) in [6.45, 7) is 10.7. The van der Waals surface area contributed by atoms with Crippen LogP contribution < -0.4 is 0 Å². The molecule has 1 amide bonds. The monoisotopic (exact) mass is 315 g/mol. The van der Waals surface area contributed by atoms with Crippen LogP contribution in [0.25, 0.3) is 0 Å². The van der Waals surface area contributed by atoms with Crippen LogP contribution in [0.2, 0.25) is 0 Å². The number of nitrogens with zero attached hydrogens (tertiary/aromatic N) is 1. The average Bonchev–Trinajstić information content (AvgIpc) is 2.44. The Morgan fingerprint density at radius 1 is 1.36 bits per heavy atom. The molecule has 1 aliphatic rings. The first kappa shape index (κ1) is 19.2. The van der Waals surface area contributed by atoms with E-state index in [0.717, 1.165) is 38.8 Å². The fraction of sp³-hybridized carbons (Fsp3) is 0.941. The Morgan fingerprint density at radius 3 is 2.68 bits per heavy atom. The zero-order chi connectivity index (χ0) is 16.6. The largest absolute Gasteiger partial charge is 0.444 e. The minimum Gasteiger partial charge on any atom is -0.444 e. The molecule has 130 valence electrons. The Balaban J connectivity index is 2.40. The summed E-state index contributed by atoms with van der Waals surface area (Å²) in [5, 5.41) is 0. The van der Waals surface area contributed by atoms with Gasteiger partial charge in [0.2, 0.25) is 0 Å². The molecule has 1 heterocycles. The molecule has 1 fully saturated rings. The number of ether oxygens (including phenoxy) is 3. The summed E-state index contributed by atoms with van der Waals surface area (Å²) in [4.78, 5) is 14.0. The van der Waals surface area contributed by atoms with Gasteiger partial charge in [-0.25, -0.2) is 4.79 Å². The van der Waals surface area contributed by atoms with Gasteiger partial charge in [-0.05, 0) is 40.0 Å². The fourth-order valence-corrected chi connectivity index (χ4v) is 2.69. The summed E-state index contributed by atoms with van der Waals surface area (Å²) in [6.07, 6.45) is 4.16. The molecule has 5 nitrogen and oxygen atoms in total. The second-order valence-electron chi connectivity index (χ2n) is 7.13. The number of rotatable bonds is 7. The molecule has 0 aromatic heterocycles. The van der Waals surface area contributed by atoms with Gasteiger partial charge in [0.15, 0.2) is 0 Å². The molecule has 0 saturated carbocycles. The standard InChI is InChI=1S/C17H33NO4/c1-6-8-15(13-20-5)21-12-14-9-7-10-18(11-14)16(19)22-17(2,3)4/h14-15H,6-13H2,1-5H3. The molecular formula is C17H33NO4. The van der Waals surface area contributed by atoms with Crippen LogP contribution in [0.4, 0.5) is 4.79 Å². The minimum atomic E-state index is -0.439. The molecule has 0 aromatic carbocycles. The van der Waals surface area contributed by atoms with E-state index in [0.29, 0.717) is 19.1 Å². The Labute approximate surface area is 135 Å². The summed E-state index contributed by atoms with van der Waals surface area (Å²) in [7, 11) is 1.71. The van der Waals surface area contributed by atoms with Gasteiger partial charge in [-0.15, -0.1) is 0 Å². The van der Waals surface area contributed by atoms with Crippen molar-refractivity contribution < 1.29 is 19.0 Å². The highest BCUT2D eigenvalue weighted by Crippen LogP contribution is 2.20. The molecule has 0 spiro atoms. The molecule has 0 N–H and O–H groups in total. The number of likely N-dealkylation sites (tertiary alicyclic amines) is 1. The number of amides is 1. The van der Waals surface area contributed by atoms with Crippen molar-refractivity contribution in [3.8, 4) is 0 Å². The van der Waals surface area contributed by atoms with Crippen LogP contribution in [-0.2, 0) is 14.2 Å². The second kappa shape index (κ2) is 9.36. The lowest BCUT2D eigenvalue weighted by Gasteiger charge is -2.34. The SMILES string of the molecule is CCCC(COC)OCC1CCCN(C(=O)OC(C)(C)C)C1. The maximum atomic E-state index is 12.1. The molecule has 2 unspecified atom stereocenters. The Bertz CT molecular complexity index is 321. The van der Waals surface area contributed by atoms with Gasteiger partial charge < -0.3 is 19.1 Å². The van der Waals surface area contributed by atoms with E-state index in [9.17, 15) is 4.79 Å². The Kier molecular flexibility index (Phi) is 8.18. The van der Waals surface area contributed by atoms with Crippen molar-refractivity contribution in [2.45, 2.75) is 65.1 Å². The van der Waals surface area contributed by atoms with Gasteiger partial charge in [-0.1, -0.05) is 13.3 Å². The first-order valence-corrected chi connectivity index (χ1v) is 8.44. The van der Waals surface area contributed by atoms with E-state index in [4.69, 9.17) is 14.2 Å². The molecular weight excluding hydrogens is 282 g/mol. The van der Waals surface area contributed by atoms with Crippen molar-refractivity contribution in [3.05, 3.63) is 0 Å². The number of hydrogen-bond acceptors (Lipinski definition) is 4. The zero-order valence-corrected chi connectivity index (χ0v) is 14.9. The molecule has 0 bridgehead atoms. The normalized spacial score (nSPS) is 20.8.